The lowest BCUT2D eigenvalue weighted by Crippen LogP contribution is -2.84. The van der Waals surface area contributed by atoms with Crippen LogP contribution in [0.15, 0.2) is 12.2 Å². The Kier molecular flexibility index (Phi) is 4.29. The fourth-order valence-electron chi connectivity index (χ4n) is 6.24. The van der Waals surface area contributed by atoms with E-state index in [-0.39, 0.29) is 0 Å². The largest absolute Gasteiger partial charge is 0.440 e. The Morgan fingerprint density at radius 3 is 1.81 bits per heavy atom. The molecule has 2 bridgehead atoms. The molecule has 0 aromatic carbocycles. The highest BCUT2D eigenvalue weighted by molar-refractivity contribution is 7.87. The van der Waals surface area contributed by atoms with E-state index in [0.717, 1.165) is 5.92 Å². The SMILES string of the molecule is C[Si](C)(C)[Si](O)([Si](C)(C)C)[Si](C)(C)CC12C=CC(CC1)C2. The van der Waals surface area contributed by atoms with E-state index in [1.165, 1.54) is 25.3 Å². The first kappa shape index (κ1) is 17.9. The Morgan fingerprint density at radius 1 is 1.00 bits per heavy atom. The minimum atomic E-state index is -2.11. The molecule has 1 fully saturated rings. The molecule has 1 saturated carbocycles. The van der Waals surface area contributed by atoms with Crippen LogP contribution in [0.5, 0.6) is 0 Å². The molecular weight excluding hydrogens is 321 g/mol. The van der Waals surface area contributed by atoms with Crippen LogP contribution in [-0.4, -0.2) is 34.4 Å². The van der Waals surface area contributed by atoms with Gasteiger partial charge in [0.25, 0.3) is 0 Å². The normalized spacial score (nSPS) is 30.2. The van der Waals surface area contributed by atoms with E-state index in [1.807, 2.05) is 0 Å². The maximum atomic E-state index is 12.2. The standard InChI is InChI=1S/C16H36OSi4/c1-18(2,3)21(17,19(4,5)6)20(7,8)14-16-11-9-15(13-16)10-12-16/h9,11,15,17H,10,12-14H2,1-8H3. The van der Waals surface area contributed by atoms with E-state index in [4.69, 9.17) is 0 Å². The molecule has 0 amide bonds. The van der Waals surface area contributed by atoms with Gasteiger partial charge in [0.15, 0.2) is 6.87 Å². The summed E-state index contributed by atoms with van der Waals surface area (Å²) in [4.78, 5) is 12.2. The average Bonchev–Trinajstić information content (AvgIpc) is 2.83. The Bertz CT molecular complexity index is 430. The molecule has 122 valence electrons. The second-order valence-electron chi connectivity index (χ2n) is 10.5. The molecule has 0 heterocycles. The molecular formula is C16H36OSi4. The van der Waals surface area contributed by atoms with Crippen LogP contribution in [0.25, 0.3) is 0 Å². The molecule has 0 spiro atoms. The molecule has 2 unspecified atom stereocenters. The van der Waals surface area contributed by atoms with E-state index in [2.05, 4.69) is 64.5 Å². The van der Waals surface area contributed by atoms with E-state index < -0.39 is 29.6 Å². The maximum absolute atomic E-state index is 12.2. The topological polar surface area (TPSA) is 20.2 Å². The predicted octanol–water partition coefficient (Wildman–Crippen LogP) is 4.90. The lowest BCUT2D eigenvalue weighted by atomic mass is 9.90. The van der Waals surface area contributed by atoms with Gasteiger partial charge in [-0.25, -0.2) is 0 Å². The van der Waals surface area contributed by atoms with Gasteiger partial charge in [0.2, 0.25) is 0 Å². The molecule has 1 N–H and O–H groups in total. The Balaban J connectivity index is 2.37. The highest BCUT2D eigenvalue weighted by Gasteiger charge is 2.64. The van der Waals surface area contributed by atoms with Crippen molar-refractivity contribution in [3.63, 3.8) is 0 Å². The third-order valence-electron chi connectivity index (χ3n) is 6.35. The summed E-state index contributed by atoms with van der Waals surface area (Å²) in [6.07, 6.45) is 9.23. The molecule has 0 radical (unpaired) electrons. The van der Waals surface area contributed by atoms with E-state index >= 15 is 0 Å². The monoisotopic (exact) mass is 356 g/mol. The van der Waals surface area contributed by atoms with Crippen LogP contribution < -0.4 is 0 Å². The second-order valence-corrected chi connectivity index (χ2v) is 49.1. The summed E-state index contributed by atoms with van der Waals surface area (Å²) >= 11 is 0. The summed E-state index contributed by atoms with van der Waals surface area (Å²) in [6.45, 7) is 17.8. The Labute approximate surface area is 135 Å². The first-order chi connectivity index (χ1) is 9.24. The third kappa shape index (κ3) is 2.77. The minimum Gasteiger partial charge on any atom is -0.440 e. The van der Waals surface area contributed by atoms with Crippen LogP contribution >= 0.6 is 0 Å². The summed E-state index contributed by atoms with van der Waals surface area (Å²) in [5.74, 6) is 0.864. The minimum absolute atomic E-state index is 0.487. The molecule has 0 aliphatic heterocycles. The van der Waals surface area contributed by atoms with Crippen LogP contribution in [0, 0.1) is 11.3 Å². The van der Waals surface area contributed by atoms with Gasteiger partial charge in [-0.2, -0.15) is 0 Å². The first-order valence-corrected chi connectivity index (χ1v) is 23.8. The van der Waals surface area contributed by atoms with Gasteiger partial charge >= 0.3 is 0 Å². The van der Waals surface area contributed by atoms with Gasteiger partial charge < -0.3 is 4.80 Å². The number of fused-ring (bicyclic) bond motifs is 2. The summed E-state index contributed by atoms with van der Waals surface area (Å²) in [5.41, 5.74) is 0.487. The molecule has 0 aromatic rings. The van der Waals surface area contributed by atoms with Gasteiger partial charge in [-0.1, -0.05) is 64.5 Å². The summed E-state index contributed by atoms with van der Waals surface area (Å²) in [7, 11) is -4.58. The van der Waals surface area contributed by atoms with Crippen LogP contribution in [0.4, 0.5) is 0 Å². The number of allylic oxidation sites excluding steroid dienone is 2. The lowest BCUT2D eigenvalue weighted by Gasteiger charge is -2.55. The van der Waals surface area contributed by atoms with Gasteiger partial charge in [0, 0.05) is 0 Å². The van der Waals surface area contributed by atoms with Crippen molar-refractivity contribution in [2.45, 2.75) is 77.7 Å². The summed E-state index contributed by atoms with van der Waals surface area (Å²) in [6, 6.07) is 1.37. The summed E-state index contributed by atoms with van der Waals surface area (Å²) in [5, 5.41) is 0. The van der Waals surface area contributed by atoms with Crippen LogP contribution in [0.1, 0.15) is 19.3 Å². The highest BCUT2D eigenvalue weighted by atomic mass is 29.9. The molecule has 0 aromatic heterocycles. The second kappa shape index (κ2) is 5.03. The Morgan fingerprint density at radius 2 is 1.52 bits per heavy atom. The third-order valence-corrected chi connectivity index (χ3v) is 72.9. The fraction of sp³-hybridized carbons (Fsp3) is 0.875. The van der Waals surface area contributed by atoms with Crippen LogP contribution in [0.2, 0.25) is 58.4 Å². The number of hydrogen-bond donors (Lipinski definition) is 1. The molecule has 21 heavy (non-hydrogen) atoms. The zero-order valence-corrected chi connectivity index (χ0v) is 19.5. The molecule has 2 rings (SSSR count). The number of rotatable bonds is 5. The van der Waals surface area contributed by atoms with Crippen molar-refractivity contribution in [3.05, 3.63) is 12.2 Å². The van der Waals surface area contributed by atoms with Gasteiger partial charge in [0.1, 0.15) is 0 Å². The number of hydrogen-bond acceptors (Lipinski definition) is 1. The zero-order valence-electron chi connectivity index (χ0n) is 15.5. The van der Waals surface area contributed by atoms with Gasteiger partial charge in [-0.05, 0) is 36.6 Å². The van der Waals surface area contributed by atoms with Crippen molar-refractivity contribution in [1.82, 2.24) is 0 Å². The molecule has 2 aliphatic carbocycles. The molecule has 2 atom stereocenters. The van der Waals surface area contributed by atoms with Crippen molar-refractivity contribution in [2.24, 2.45) is 11.3 Å². The first-order valence-electron chi connectivity index (χ1n) is 8.66. The quantitative estimate of drug-likeness (QED) is 0.548. The Hall–Kier alpha value is 0.568. The van der Waals surface area contributed by atoms with Crippen molar-refractivity contribution in [2.75, 3.05) is 0 Å². The van der Waals surface area contributed by atoms with Crippen LogP contribution in [0.3, 0.4) is 0 Å². The van der Waals surface area contributed by atoms with Gasteiger partial charge in [-0.3, -0.25) is 0 Å². The zero-order chi connectivity index (χ0) is 16.3. The molecule has 2 aliphatic rings. The molecule has 0 saturated heterocycles. The highest BCUT2D eigenvalue weighted by Crippen LogP contribution is 2.55. The average molecular weight is 357 g/mol. The fourth-order valence-corrected chi connectivity index (χ4v) is 94.1. The van der Waals surface area contributed by atoms with Crippen molar-refractivity contribution in [1.29, 1.82) is 0 Å². The smallest absolute Gasteiger partial charge is 0.153 e. The van der Waals surface area contributed by atoms with Gasteiger partial charge in [0.05, 0.1) is 22.8 Å². The van der Waals surface area contributed by atoms with Crippen LogP contribution in [-0.2, 0) is 0 Å². The van der Waals surface area contributed by atoms with Crippen molar-refractivity contribution < 1.29 is 4.80 Å². The van der Waals surface area contributed by atoms with Crippen molar-refractivity contribution in [3.8, 4) is 0 Å². The van der Waals surface area contributed by atoms with Gasteiger partial charge in [-0.15, -0.1) is 0 Å². The van der Waals surface area contributed by atoms with Crippen molar-refractivity contribution >= 4 is 29.6 Å². The predicted molar refractivity (Wildman–Crippen MR) is 106 cm³/mol. The molecule has 1 nitrogen and oxygen atoms in total. The van der Waals surface area contributed by atoms with E-state index in [1.54, 1.807) is 0 Å². The maximum Gasteiger partial charge on any atom is 0.153 e. The lowest BCUT2D eigenvalue weighted by molar-refractivity contribution is 0.447. The van der Waals surface area contributed by atoms with E-state index in [0.29, 0.717) is 5.41 Å². The molecule has 5 heteroatoms. The van der Waals surface area contributed by atoms with E-state index in [9.17, 15) is 4.80 Å². The summed E-state index contributed by atoms with van der Waals surface area (Å²) < 4.78 is 0.